The number of rotatable bonds is 10. The second-order valence-electron chi connectivity index (χ2n) is 8.62. The fourth-order valence-corrected chi connectivity index (χ4v) is 3.89. The quantitative estimate of drug-likeness (QED) is 0.417. The molecule has 0 aromatic heterocycles. The van der Waals surface area contributed by atoms with E-state index in [0.29, 0.717) is 0 Å². The van der Waals surface area contributed by atoms with E-state index in [1.165, 1.54) is 0 Å². The van der Waals surface area contributed by atoms with Crippen molar-refractivity contribution in [2.45, 2.75) is 38.5 Å². The number of carbonyl (C=O) groups is 3. The molecule has 0 aliphatic heterocycles. The number of hydrogen-bond acceptors (Lipinski definition) is 4. The lowest BCUT2D eigenvalue weighted by Gasteiger charge is -2.29. The molecule has 0 bridgehead atoms. The maximum atomic E-state index is 13.3. The standard InChI is InChI=1S/C28H31N3O4/c1-19(2)24(31-28(34)35-18-20-12-6-3-7-13-20)27(33)30-25(26(29)32)23(21-14-8-4-9-15-21)22-16-10-5-11-17-22/h3-17,19,23-25H,18H2,1-2H3,(H2,29,32)(H,30,33)(H,31,34)/t24-,25-/m1/s1. The van der Waals surface area contributed by atoms with Crippen molar-refractivity contribution in [3.63, 3.8) is 0 Å². The fraction of sp³-hybridized carbons (Fsp3) is 0.250. The monoisotopic (exact) mass is 473 g/mol. The topological polar surface area (TPSA) is 111 Å². The van der Waals surface area contributed by atoms with Crippen molar-refractivity contribution >= 4 is 17.9 Å². The molecule has 0 unspecified atom stereocenters. The summed E-state index contributed by atoms with van der Waals surface area (Å²) in [4.78, 5) is 38.3. The molecular weight excluding hydrogens is 442 g/mol. The number of hydrogen-bond donors (Lipinski definition) is 3. The van der Waals surface area contributed by atoms with Crippen molar-refractivity contribution in [2.24, 2.45) is 11.7 Å². The molecule has 3 amide bonds. The van der Waals surface area contributed by atoms with Gasteiger partial charge in [-0.2, -0.15) is 0 Å². The minimum atomic E-state index is -1.03. The number of alkyl carbamates (subject to hydrolysis) is 1. The maximum absolute atomic E-state index is 13.3. The molecule has 0 saturated carbocycles. The van der Waals surface area contributed by atoms with Crippen LogP contribution >= 0.6 is 0 Å². The van der Waals surface area contributed by atoms with Crippen molar-refractivity contribution in [2.75, 3.05) is 0 Å². The SMILES string of the molecule is CC(C)[C@@H](NC(=O)OCc1ccccc1)C(=O)N[C@@H](C(N)=O)C(c1ccccc1)c1ccccc1. The first kappa shape index (κ1) is 25.5. The lowest BCUT2D eigenvalue weighted by molar-refractivity contribution is -0.129. The zero-order valence-corrected chi connectivity index (χ0v) is 19.9. The first-order valence-electron chi connectivity index (χ1n) is 11.5. The Kier molecular flexibility index (Phi) is 9.01. The molecule has 3 rings (SSSR count). The van der Waals surface area contributed by atoms with Crippen molar-refractivity contribution in [3.8, 4) is 0 Å². The molecule has 3 aromatic carbocycles. The van der Waals surface area contributed by atoms with E-state index in [1.807, 2.05) is 91.0 Å². The van der Waals surface area contributed by atoms with Gasteiger partial charge in [0.2, 0.25) is 11.8 Å². The highest BCUT2D eigenvalue weighted by Crippen LogP contribution is 2.28. The molecule has 0 aliphatic carbocycles. The van der Waals surface area contributed by atoms with Gasteiger partial charge in [-0.3, -0.25) is 9.59 Å². The highest BCUT2D eigenvalue weighted by molar-refractivity contribution is 5.91. The first-order chi connectivity index (χ1) is 16.9. The summed E-state index contributed by atoms with van der Waals surface area (Å²) in [7, 11) is 0. The summed E-state index contributed by atoms with van der Waals surface area (Å²) in [5.74, 6) is -1.96. The molecule has 4 N–H and O–H groups in total. The summed E-state index contributed by atoms with van der Waals surface area (Å²) < 4.78 is 5.28. The first-order valence-corrected chi connectivity index (χ1v) is 11.5. The third kappa shape index (κ3) is 7.17. The van der Waals surface area contributed by atoms with Crippen LogP contribution in [0.15, 0.2) is 91.0 Å². The normalized spacial score (nSPS) is 12.6. The van der Waals surface area contributed by atoms with Gasteiger partial charge in [0.05, 0.1) is 0 Å². The van der Waals surface area contributed by atoms with E-state index >= 15 is 0 Å². The summed E-state index contributed by atoms with van der Waals surface area (Å²) in [5.41, 5.74) is 8.28. The average molecular weight is 474 g/mol. The molecule has 0 radical (unpaired) electrons. The van der Waals surface area contributed by atoms with Crippen LogP contribution in [0.5, 0.6) is 0 Å². The van der Waals surface area contributed by atoms with Crippen LogP contribution in [0.25, 0.3) is 0 Å². The molecule has 182 valence electrons. The van der Waals surface area contributed by atoms with Gasteiger partial charge in [-0.05, 0) is 22.6 Å². The van der Waals surface area contributed by atoms with Crippen LogP contribution in [0.4, 0.5) is 4.79 Å². The van der Waals surface area contributed by atoms with Gasteiger partial charge in [-0.25, -0.2) is 4.79 Å². The Bertz CT molecular complexity index is 1070. The van der Waals surface area contributed by atoms with Crippen molar-refractivity contribution in [1.82, 2.24) is 10.6 Å². The van der Waals surface area contributed by atoms with E-state index in [1.54, 1.807) is 13.8 Å². The number of ether oxygens (including phenoxy) is 1. The van der Waals surface area contributed by atoms with E-state index in [2.05, 4.69) is 10.6 Å². The fourth-order valence-electron chi connectivity index (χ4n) is 3.89. The Labute approximate surface area is 205 Å². The zero-order chi connectivity index (χ0) is 25.2. The van der Waals surface area contributed by atoms with Crippen molar-refractivity contribution < 1.29 is 19.1 Å². The summed E-state index contributed by atoms with van der Waals surface area (Å²) >= 11 is 0. The number of primary amides is 1. The molecule has 7 heteroatoms. The van der Waals surface area contributed by atoms with E-state index < -0.39 is 35.9 Å². The van der Waals surface area contributed by atoms with Gasteiger partial charge in [0.1, 0.15) is 18.7 Å². The van der Waals surface area contributed by atoms with E-state index in [9.17, 15) is 14.4 Å². The minimum Gasteiger partial charge on any atom is -0.445 e. The molecule has 2 atom stereocenters. The lowest BCUT2D eigenvalue weighted by Crippen LogP contribution is -2.56. The van der Waals surface area contributed by atoms with Crippen LogP contribution in [0.2, 0.25) is 0 Å². The zero-order valence-electron chi connectivity index (χ0n) is 19.9. The number of amides is 3. The highest BCUT2D eigenvalue weighted by atomic mass is 16.5. The third-order valence-corrected chi connectivity index (χ3v) is 5.69. The Balaban J connectivity index is 1.78. The second kappa shape index (κ2) is 12.4. The summed E-state index contributed by atoms with van der Waals surface area (Å²) in [6, 6.07) is 26.1. The van der Waals surface area contributed by atoms with Crippen molar-refractivity contribution in [1.29, 1.82) is 0 Å². The van der Waals surface area contributed by atoms with Crippen molar-refractivity contribution in [3.05, 3.63) is 108 Å². The van der Waals surface area contributed by atoms with Gasteiger partial charge in [0, 0.05) is 5.92 Å². The Morgan fingerprint density at radius 1 is 0.743 bits per heavy atom. The molecule has 0 saturated heterocycles. The molecule has 35 heavy (non-hydrogen) atoms. The Morgan fingerprint density at radius 2 is 1.23 bits per heavy atom. The van der Waals surface area contributed by atoms with Crippen LogP contribution in [0.3, 0.4) is 0 Å². The summed E-state index contributed by atoms with van der Waals surface area (Å²) in [5, 5.41) is 5.41. The number of nitrogens with one attached hydrogen (secondary N) is 2. The highest BCUT2D eigenvalue weighted by Gasteiger charge is 2.34. The van der Waals surface area contributed by atoms with Crippen LogP contribution < -0.4 is 16.4 Å². The Morgan fingerprint density at radius 3 is 1.69 bits per heavy atom. The third-order valence-electron chi connectivity index (χ3n) is 5.69. The smallest absolute Gasteiger partial charge is 0.408 e. The largest absolute Gasteiger partial charge is 0.445 e. The molecule has 0 aliphatic rings. The molecular formula is C28H31N3O4. The van der Waals surface area contributed by atoms with Gasteiger partial charge in [-0.15, -0.1) is 0 Å². The molecule has 7 nitrogen and oxygen atoms in total. The predicted octanol–water partition coefficient (Wildman–Crippen LogP) is 3.74. The second-order valence-corrected chi connectivity index (χ2v) is 8.62. The van der Waals surface area contributed by atoms with E-state index in [4.69, 9.17) is 10.5 Å². The Hall–Kier alpha value is -4.13. The van der Waals surface area contributed by atoms with E-state index in [-0.39, 0.29) is 12.5 Å². The number of nitrogens with two attached hydrogens (primary N) is 1. The lowest BCUT2D eigenvalue weighted by atomic mass is 9.84. The van der Waals surface area contributed by atoms with Gasteiger partial charge < -0.3 is 21.1 Å². The van der Waals surface area contributed by atoms with Gasteiger partial charge in [0.25, 0.3) is 0 Å². The summed E-state index contributed by atoms with van der Waals surface area (Å²) in [6.45, 7) is 3.67. The van der Waals surface area contributed by atoms with Gasteiger partial charge >= 0.3 is 6.09 Å². The van der Waals surface area contributed by atoms with Gasteiger partial charge in [0.15, 0.2) is 0 Å². The molecule has 0 heterocycles. The van der Waals surface area contributed by atoms with Crippen LogP contribution in [0.1, 0.15) is 36.5 Å². The number of benzene rings is 3. The maximum Gasteiger partial charge on any atom is 0.408 e. The number of carbonyl (C=O) groups excluding carboxylic acids is 3. The molecule has 0 spiro atoms. The van der Waals surface area contributed by atoms with Crippen LogP contribution in [0, 0.1) is 5.92 Å². The minimum absolute atomic E-state index is 0.0765. The predicted molar refractivity (Wildman–Crippen MR) is 134 cm³/mol. The van der Waals surface area contributed by atoms with Gasteiger partial charge in [-0.1, -0.05) is 105 Å². The average Bonchev–Trinajstić information content (AvgIpc) is 2.87. The van der Waals surface area contributed by atoms with E-state index in [0.717, 1.165) is 16.7 Å². The molecule has 3 aromatic rings. The van der Waals surface area contributed by atoms with Crippen LogP contribution in [-0.4, -0.2) is 30.0 Å². The summed E-state index contributed by atoms with van der Waals surface area (Å²) in [6.07, 6.45) is -0.721. The van der Waals surface area contributed by atoms with Crippen LogP contribution in [-0.2, 0) is 20.9 Å². The molecule has 0 fully saturated rings.